The summed E-state index contributed by atoms with van der Waals surface area (Å²) >= 11 is 0. The van der Waals surface area contributed by atoms with Gasteiger partial charge in [0, 0.05) is 31.5 Å². The molecule has 0 spiro atoms. The number of nitrogens with zero attached hydrogens (tertiary/aromatic N) is 2. The number of ether oxygens (including phenoxy) is 1. The minimum atomic E-state index is 0.00388. The molecule has 18 heavy (non-hydrogen) atoms. The van der Waals surface area contributed by atoms with Crippen LogP contribution in [0.1, 0.15) is 17.3 Å². The molecular formula is C14H19N3O. The molecule has 0 amide bonds. The molecule has 4 nitrogen and oxygen atoms in total. The first-order valence-electron chi connectivity index (χ1n) is 6.11. The Bertz CT molecular complexity index is 467. The monoisotopic (exact) mass is 245 g/mol. The maximum absolute atomic E-state index is 6.21. The van der Waals surface area contributed by atoms with E-state index in [-0.39, 0.29) is 6.04 Å². The zero-order valence-corrected chi connectivity index (χ0v) is 10.6. The third-order valence-corrected chi connectivity index (χ3v) is 2.97. The Hall–Kier alpha value is -1.65. The molecule has 0 bridgehead atoms. The Balaban J connectivity index is 2.03. The van der Waals surface area contributed by atoms with Crippen LogP contribution in [0.25, 0.3) is 0 Å². The highest BCUT2D eigenvalue weighted by Gasteiger charge is 2.10. The number of aromatic nitrogens is 2. The van der Waals surface area contributed by atoms with Crippen LogP contribution in [0.4, 0.5) is 0 Å². The second kappa shape index (κ2) is 6.33. The van der Waals surface area contributed by atoms with Crippen LogP contribution in [-0.2, 0) is 17.7 Å². The maximum Gasteiger partial charge on any atom is 0.0658 e. The minimum absolute atomic E-state index is 0.00388. The lowest BCUT2D eigenvalue weighted by Crippen LogP contribution is -2.17. The predicted molar refractivity (Wildman–Crippen MR) is 71.2 cm³/mol. The minimum Gasteiger partial charge on any atom is -0.383 e. The van der Waals surface area contributed by atoms with Crippen molar-refractivity contribution in [3.63, 3.8) is 0 Å². The number of benzene rings is 1. The van der Waals surface area contributed by atoms with Crippen LogP contribution in [0.3, 0.4) is 0 Å². The summed E-state index contributed by atoms with van der Waals surface area (Å²) in [6.45, 7) is 1.43. The third-order valence-electron chi connectivity index (χ3n) is 2.97. The SMILES string of the molecule is COCCn1nccc1CC(N)c1ccccc1. The second-order valence-electron chi connectivity index (χ2n) is 4.26. The van der Waals surface area contributed by atoms with Gasteiger partial charge in [-0.25, -0.2) is 0 Å². The van der Waals surface area contributed by atoms with E-state index in [0.717, 1.165) is 24.2 Å². The molecule has 1 aromatic heterocycles. The molecule has 0 saturated heterocycles. The van der Waals surface area contributed by atoms with Gasteiger partial charge in [0.25, 0.3) is 0 Å². The van der Waals surface area contributed by atoms with Crippen molar-refractivity contribution in [3.05, 3.63) is 53.9 Å². The molecular weight excluding hydrogens is 226 g/mol. The van der Waals surface area contributed by atoms with Gasteiger partial charge in [0.1, 0.15) is 0 Å². The largest absolute Gasteiger partial charge is 0.383 e. The molecule has 1 atom stereocenters. The van der Waals surface area contributed by atoms with Crippen molar-refractivity contribution >= 4 is 0 Å². The number of hydrogen-bond donors (Lipinski definition) is 1. The molecule has 96 valence electrons. The Morgan fingerprint density at radius 3 is 2.78 bits per heavy atom. The Labute approximate surface area is 107 Å². The van der Waals surface area contributed by atoms with E-state index >= 15 is 0 Å². The fourth-order valence-electron chi connectivity index (χ4n) is 1.96. The first kappa shape index (κ1) is 12.8. The fourth-order valence-corrected chi connectivity index (χ4v) is 1.96. The summed E-state index contributed by atoms with van der Waals surface area (Å²) in [7, 11) is 1.69. The molecule has 1 heterocycles. The molecule has 0 aliphatic carbocycles. The average molecular weight is 245 g/mol. The highest BCUT2D eigenvalue weighted by molar-refractivity contribution is 5.20. The van der Waals surface area contributed by atoms with Crippen LogP contribution >= 0.6 is 0 Å². The van der Waals surface area contributed by atoms with Gasteiger partial charge in [-0.3, -0.25) is 4.68 Å². The first-order chi connectivity index (χ1) is 8.81. The molecule has 4 heteroatoms. The van der Waals surface area contributed by atoms with E-state index in [1.165, 1.54) is 0 Å². The van der Waals surface area contributed by atoms with Crippen LogP contribution in [0.15, 0.2) is 42.6 Å². The van der Waals surface area contributed by atoms with Crippen molar-refractivity contribution in [1.29, 1.82) is 0 Å². The Morgan fingerprint density at radius 1 is 1.28 bits per heavy atom. The number of nitrogens with two attached hydrogens (primary N) is 1. The smallest absolute Gasteiger partial charge is 0.0658 e. The summed E-state index contributed by atoms with van der Waals surface area (Å²) in [4.78, 5) is 0. The molecule has 2 aromatic rings. The first-order valence-corrected chi connectivity index (χ1v) is 6.11. The highest BCUT2D eigenvalue weighted by atomic mass is 16.5. The molecule has 0 aliphatic heterocycles. The lowest BCUT2D eigenvalue weighted by Gasteiger charge is -2.13. The predicted octanol–water partition coefficient (Wildman–Crippen LogP) is 1.77. The van der Waals surface area contributed by atoms with E-state index in [4.69, 9.17) is 10.5 Å². The van der Waals surface area contributed by atoms with E-state index in [2.05, 4.69) is 17.2 Å². The Morgan fingerprint density at radius 2 is 2.06 bits per heavy atom. The van der Waals surface area contributed by atoms with Crippen LogP contribution in [0.5, 0.6) is 0 Å². The highest BCUT2D eigenvalue weighted by Crippen LogP contribution is 2.15. The topological polar surface area (TPSA) is 53.1 Å². The summed E-state index contributed by atoms with van der Waals surface area (Å²) in [5.74, 6) is 0. The van der Waals surface area contributed by atoms with Crippen molar-refractivity contribution in [1.82, 2.24) is 9.78 Å². The molecule has 0 saturated carbocycles. The number of methoxy groups -OCH3 is 1. The number of hydrogen-bond acceptors (Lipinski definition) is 3. The van der Waals surface area contributed by atoms with Gasteiger partial charge in [-0.05, 0) is 11.6 Å². The summed E-state index contributed by atoms with van der Waals surface area (Å²) in [5.41, 5.74) is 8.50. The van der Waals surface area contributed by atoms with Crippen molar-refractivity contribution < 1.29 is 4.74 Å². The van der Waals surface area contributed by atoms with Crippen LogP contribution in [0.2, 0.25) is 0 Å². The zero-order chi connectivity index (χ0) is 12.8. The molecule has 2 rings (SSSR count). The van der Waals surface area contributed by atoms with Gasteiger partial charge >= 0.3 is 0 Å². The van der Waals surface area contributed by atoms with Crippen molar-refractivity contribution in [3.8, 4) is 0 Å². The third kappa shape index (κ3) is 3.18. The van der Waals surface area contributed by atoms with Crippen molar-refractivity contribution in [2.45, 2.75) is 19.0 Å². The average Bonchev–Trinajstić information content (AvgIpc) is 2.84. The van der Waals surface area contributed by atoms with Gasteiger partial charge in [-0.1, -0.05) is 30.3 Å². The van der Waals surface area contributed by atoms with Crippen molar-refractivity contribution in [2.24, 2.45) is 5.73 Å². The molecule has 2 N–H and O–H groups in total. The van der Waals surface area contributed by atoms with E-state index < -0.39 is 0 Å². The summed E-state index contributed by atoms with van der Waals surface area (Å²) in [6, 6.07) is 12.2. The van der Waals surface area contributed by atoms with Crippen LogP contribution < -0.4 is 5.73 Å². The van der Waals surface area contributed by atoms with E-state index in [9.17, 15) is 0 Å². The summed E-state index contributed by atoms with van der Waals surface area (Å²) < 4.78 is 7.02. The fraction of sp³-hybridized carbons (Fsp3) is 0.357. The Kier molecular flexibility index (Phi) is 4.50. The quantitative estimate of drug-likeness (QED) is 0.844. The van der Waals surface area contributed by atoms with Gasteiger partial charge < -0.3 is 10.5 Å². The molecule has 1 aromatic carbocycles. The zero-order valence-electron chi connectivity index (χ0n) is 10.6. The summed E-state index contributed by atoms with van der Waals surface area (Å²) in [5, 5.41) is 4.28. The molecule has 1 unspecified atom stereocenters. The second-order valence-corrected chi connectivity index (χ2v) is 4.26. The van der Waals surface area contributed by atoms with Gasteiger partial charge in [-0.15, -0.1) is 0 Å². The van der Waals surface area contributed by atoms with E-state index in [1.807, 2.05) is 35.1 Å². The van der Waals surface area contributed by atoms with Gasteiger partial charge in [0.05, 0.1) is 13.2 Å². The maximum atomic E-state index is 6.21. The van der Waals surface area contributed by atoms with Crippen LogP contribution in [-0.4, -0.2) is 23.5 Å². The number of rotatable bonds is 6. The molecule has 0 radical (unpaired) electrons. The standard InChI is InChI=1S/C14H19N3O/c1-18-10-9-17-13(7-8-16-17)11-14(15)12-5-3-2-4-6-12/h2-8,14H,9-11,15H2,1H3. The van der Waals surface area contributed by atoms with Gasteiger partial charge in [-0.2, -0.15) is 5.10 Å². The van der Waals surface area contributed by atoms with Gasteiger partial charge in [0.15, 0.2) is 0 Å². The van der Waals surface area contributed by atoms with E-state index in [0.29, 0.717) is 6.61 Å². The van der Waals surface area contributed by atoms with Crippen molar-refractivity contribution in [2.75, 3.05) is 13.7 Å². The van der Waals surface area contributed by atoms with Gasteiger partial charge in [0.2, 0.25) is 0 Å². The molecule has 0 fully saturated rings. The van der Waals surface area contributed by atoms with E-state index in [1.54, 1.807) is 7.11 Å². The van der Waals surface area contributed by atoms with Crippen LogP contribution in [0, 0.1) is 0 Å². The molecule has 0 aliphatic rings. The summed E-state index contributed by atoms with van der Waals surface area (Å²) in [6.07, 6.45) is 2.59. The normalized spacial score (nSPS) is 12.6. The lowest BCUT2D eigenvalue weighted by molar-refractivity contribution is 0.182. The lowest BCUT2D eigenvalue weighted by atomic mass is 10.0.